The zero-order chi connectivity index (χ0) is 17.3. The number of nitrogens with two attached hydrogens (primary N) is 2. The number of nitrogens with zero attached hydrogens (tertiary/aromatic N) is 2. The number of carboxylic acids is 1. The highest BCUT2D eigenvalue weighted by molar-refractivity contribution is 6.37. The molecule has 7 heteroatoms. The number of carbonyl (C=O) groups is 1. The Morgan fingerprint density at radius 2 is 1.75 bits per heavy atom. The molecule has 0 fully saturated rings. The first kappa shape index (κ1) is 16.0. The third-order valence-corrected chi connectivity index (χ3v) is 4.24. The second-order valence-corrected chi connectivity index (χ2v) is 5.78. The number of benzene rings is 2. The summed E-state index contributed by atoms with van der Waals surface area (Å²) in [4.78, 5) is 18.9. The minimum Gasteiger partial charge on any atom is -0.478 e. The van der Waals surface area contributed by atoms with Gasteiger partial charge in [0.05, 0.1) is 21.5 Å². The van der Waals surface area contributed by atoms with Crippen LogP contribution in [0.15, 0.2) is 36.4 Å². The predicted octanol–water partition coefficient (Wildman–Crippen LogP) is 2.93. The minimum atomic E-state index is -0.936. The standard InChI is InChI=1S/C17H15ClN4O2/c18-14-10(4-1-9-2-5-11(6-3-9)16(23)24)7-8-12-13(14)15(19)22-17(20)21-12/h2-3,5-8H,1,4H2,(H,23,24)(H4,19,20,21,22). The largest absolute Gasteiger partial charge is 0.478 e. The molecule has 0 saturated heterocycles. The highest BCUT2D eigenvalue weighted by Gasteiger charge is 2.12. The summed E-state index contributed by atoms with van der Waals surface area (Å²) in [5.41, 5.74) is 14.3. The van der Waals surface area contributed by atoms with Gasteiger partial charge in [-0.25, -0.2) is 9.78 Å². The summed E-state index contributed by atoms with van der Waals surface area (Å²) >= 11 is 6.45. The summed E-state index contributed by atoms with van der Waals surface area (Å²) in [5, 5.41) is 10.0. The Morgan fingerprint density at radius 3 is 2.42 bits per heavy atom. The summed E-state index contributed by atoms with van der Waals surface area (Å²) in [6.07, 6.45) is 1.41. The van der Waals surface area contributed by atoms with Gasteiger partial charge in [-0.05, 0) is 42.2 Å². The molecule has 0 bridgehead atoms. The molecule has 0 aliphatic heterocycles. The van der Waals surface area contributed by atoms with Gasteiger partial charge >= 0.3 is 5.97 Å². The lowest BCUT2D eigenvalue weighted by Crippen LogP contribution is -2.02. The van der Waals surface area contributed by atoms with Crippen molar-refractivity contribution in [2.75, 3.05) is 11.5 Å². The van der Waals surface area contributed by atoms with E-state index in [-0.39, 0.29) is 17.3 Å². The van der Waals surface area contributed by atoms with E-state index in [9.17, 15) is 4.79 Å². The molecule has 1 aromatic heterocycles. The number of aromatic nitrogens is 2. The quantitative estimate of drug-likeness (QED) is 0.671. The van der Waals surface area contributed by atoms with Crippen LogP contribution in [0.25, 0.3) is 10.9 Å². The van der Waals surface area contributed by atoms with Gasteiger partial charge in [-0.1, -0.05) is 29.8 Å². The summed E-state index contributed by atoms with van der Waals surface area (Å²) in [5.74, 6) is -0.564. The van der Waals surface area contributed by atoms with Gasteiger partial charge in [0.15, 0.2) is 0 Å². The van der Waals surface area contributed by atoms with Crippen molar-refractivity contribution in [1.29, 1.82) is 0 Å². The van der Waals surface area contributed by atoms with Crippen molar-refractivity contribution in [1.82, 2.24) is 9.97 Å². The van der Waals surface area contributed by atoms with E-state index in [0.29, 0.717) is 22.3 Å². The second kappa shape index (κ2) is 6.33. The molecule has 6 nitrogen and oxygen atoms in total. The van der Waals surface area contributed by atoms with Crippen LogP contribution in [0.2, 0.25) is 5.02 Å². The number of halogens is 1. The average molecular weight is 343 g/mol. The van der Waals surface area contributed by atoms with E-state index in [1.807, 2.05) is 12.1 Å². The summed E-state index contributed by atoms with van der Waals surface area (Å²) in [6.45, 7) is 0. The van der Waals surface area contributed by atoms with Gasteiger partial charge in [0.1, 0.15) is 5.82 Å². The molecular formula is C17H15ClN4O2. The van der Waals surface area contributed by atoms with Gasteiger partial charge in [0.2, 0.25) is 5.95 Å². The van der Waals surface area contributed by atoms with E-state index in [0.717, 1.165) is 17.5 Å². The SMILES string of the molecule is Nc1nc(N)c2c(Cl)c(CCc3ccc(C(=O)O)cc3)ccc2n1. The molecule has 0 atom stereocenters. The van der Waals surface area contributed by atoms with Crippen molar-refractivity contribution < 1.29 is 9.90 Å². The maximum Gasteiger partial charge on any atom is 0.335 e. The zero-order valence-corrected chi connectivity index (χ0v) is 13.4. The third kappa shape index (κ3) is 3.09. The lowest BCUT2D eigenvalue weighted by atomic mass is 10.0. The Kier molecular flexibility index (Phi) is 4.22. The average Bonchev–Trinajstić information content (AvgIpc) is 2.54. The molecule has 0 amide bonds. The molecule has 0 spiro atoms. The van der Waals surface area contributed by atoms with Gasteiger partial charge in [-0.3, -0.25) is 0 Å². The number of aryl methyl sites for hydroxylation is 2. The van der Waals surface area contributed by atoms with Crippen LogP contribution >= 0.6 is 11.6 Å². The fourth-order valence-corrected chi connectivity index (χ4v) is 2.91. The van der Waals surface area contributed by atoms with Gasteiger partial charge in [-0.2, -0.15) is 4.98 Å². The molecular weight excluding hydrogens is 328 g/mol. The highest BCUT2D eigenvalue weighted by atomic mass is 35.5. The molecule has 3 aromatic rings. The number of carboxylic acid groups (broad SMARTS) is 1. The van der Waals surface area contributed by atoms with Crippen LogP contribution in [0.3, 0.4) is 0 Å². The number of nitrogen functional groups attached to an aromatic ring is 2. The fraction of sp³-hybridized carbons (Fsp3) is 0.118. The van der Waals surface area contributed by atoms with E-state index >= 15 is 0 Å². The monoisotopic (exact) mass is 342 g/mol. The van der Waals surface area contributed by atoms with Crippen molar-refractivity contribution in [3.05, 3.63) is 58.1 Å². The Hall–Kier alpha value is -2.86. The molecule has 0 aliphatic rings. The van der Waals surface area contributed by atoms with Gasteiger partial charge in [-0.15, -0.1) is 0 Å². The number of hydrogen-bond donors (Lipinski definition) is 3. The number of aromatic carboxylic acids is 1. The topological polar surface area (TPSA) is 115 Å². The maximum atomic E-state index is 10.9. The van der Waals surface area contributed by atoms with Crippen molar-refractivity contribution >= 4 is 40.2 Å². The fourth-order valence-electron chi connectivity index (χ4n) is 2.56. The van der Waals surface area contributed by atoms with Crippen molar-refractivity contribution in [2.45, 2.75) is 12.8 Å². The van der Waals surface area contributed by atoms with Crippen molar-refractivity contribution in [3.63, 3.8) is 0 Å². The summed E-state index contributed by atoms with van der Waals surface area (Å²) in [6, 6.07) is 10.5. The van der Waals surface area contributed by atoms with Gasteiger partial charge < -0.3 is 16.6 Å². The molecule has 2 aromatic carbocycles. The van der Waals surface area contributed by atoms with E-state index in [2.05, 4.69) is 9.97 Å². The van der Waals surface area contributed by atoms with Crippen LogP contribution in [0, 0.1) is 0 Å². The van der Waals surface area contributed by atoms with Crippen LogP contribution in [0.5, 0.6) is 0 Å². The van der Waals surface area contributed by atoms with E-state index in [1.54, 1.807) is 24.3 Å². The Balaban J connectivity index is 1.85. The second-order valence-electron chi connectivity index (χ2n) is 5.40. The first-order valence-corrected chi connectivity index (χ1v) is 7.66. The van der Waals surface area contributed by atoms with E-state index in [1.165, 1.54) is 0 Å². The maximum absolute atomic E-state index is 10.9. The molecule has 0 radical (unpaired) electrons. The molecule has 24 heavy (non-hydrogen) atoms. The number of rotatable bonds is 4. The zero-order valence-electron chi connectivity index (χ0n) is 12.7. The first-order valence-electron chi connectivity index (χ1n) is 7.28. The van der Waals surface area contributed by atoms with E-state index in [4.69, 9.17) is 28.2 Å². The Bertz CT molecular complexity index is 926. The number of anilines is 2. The van der Waals surface area contributed by atoms with Crippen LogP contribution in [0.1, 0.15) is 21.5 Å². The predicted molar refractivity (Wildman–Crippen MR) is 94.2 cm³/mol. The summed E-state index contributed by atoms with van der Waals surface area (Å²) in [7, 11) is 0. The lowest BCUT2D eigenvalue weighted by molar-refractivity contribution is 0.0697. The highest BCUT2D eigenvalue weighted by Crippen LogP contribution is 2.31. The molecule has 0 unspecified atom stereocenters. The summed E-state index contributed by atoms with van der Waals surface area (Å²) < 4.78 is 0. The third-order valence-electron chi connectivity index (χ3n) is 3.81. The van der Waals surface area contributed by atoms with Crippen LogP contribution in [-0.4, -0.2) is 21.0 Å². The van der Waals surface area contributed by atoms with Crippen LogP contribution < -0.4 is 11.5 Å². The minimum absolute atomic E-state index is 0.113. The number of fused-ring (bicyclic) bond motifs is 1. The number of hydrogen-bond acceptors (Lipinski definition) is 5. The van der Waals surface area contributed by atoms with E-state index < -0.39 is 5.97 Å². The molecule has 0 aliphatic carbocycles. The normalized spacial score (nSPS) is 10.9. The van der Waals surface area contributed by atoms with Gasteiger partial charge in [0, 0.05) is 0 Å². The van der Waals surface area contributed by atoms with Gasteiger partial charge in [0.25, 0.3) is 0 Å². The van der Waals surface area contributed by atoms with Crippen LogP contribution in [0.4, 0.5) is 11.8 Å². The van der Waals surface area contributed by atoms with Crippen LogP contribution in [-0.2, 0) is 12.8 Å². The molecule has 1 heterocycles. The van der Waals surface area contributed by atoms with Crippen molar-refractivity contribution in [3.8, 4) is 0 Å². The first-order chi connectivity index (χ1) is 11.5. The Labute approximate surface area is 143 Å². The molecule has 122 valence electrons. The Morgan fingerprint density at radius 1 is 1.04 bits per heavy atom. The smallest absolute Gasteiger partial charge is 0.335 e. The molecule has 3 rings (SSSR count). The van der Waals surface area contributed by atoms with Crippen molar-refractivity contribution in [2.24, 2.45) is 0 Å². The molecule has 0 saturated carbocycles. The molecule has 5 N–H and O–H groups in total. The lowest BCUT2D eigenvalue weighted by Gasteiger charge is -2.10.